The lowest BCUT2D eigenvalue weighted by Gasteiger charge is -1.91. The van der Waals surface area contributed by atoms with Crippen LogP contribution in [0.15, 0.2) is 10.5 Å². The highest BCUT2D eigenvalue weighted by Crippen LogP contribution is 2.35. The number of thiol groups is 1. The first-order valence-corrected chi connectivity index (χ1v) is 4.95. The van der Waals surface area contributed by atoms with Gasteiger partial charge in [-0.25, -0.2) is 0 Å². The second-order valence-electron chi connectivity index (χ2n) is 1.71. The minimum absolute atomic E-state index is 0.770. The number of methoxy groups -OCH3 is 1. The maximum Gasteiger partial charge on any atom is 0.188 e. The average molecular weight is 239 g/mol. The van der Waals surface area contributed by atoms with Crippen LogP contribution in [-0.4, -0.2) is 7.11 Å². The molecule has 0 bridgehead atoms. The predicted octanol–water partition coefficient (Wildman–Crippen LogP) is 2.95. The summed E-state index contributed by atoms with van der Waals surface area (Å²) in [5.41, 5.74) is 0. The zero-order valence-electron chi connectivity index (χ0n) is 5.43. The summed E-state index contributed by atoms with van der Waals surface area (Å²) in [6.45, 7) is 0. The number of hydrogen-bond donors (Lipinski definition) is 1. The molecule has 0 aromatic carbocycles. The molecule has 1 aromatic heterocycles. The highest BCUT2D eigenvalue weighted by Gasteiger charge is 2.04. The summed E-state index contributed by atoms with van der Waals surface area (Å²) in [5.74, 6) is 0.770. The average Bonchev–Trinajstić information content (AvgIpc) is 2.30. The topological polar surface area (TPSA) is 9.23 Å². The van der Waals surface area contributed by atoms with Gasteiger partial charge in [-0.3, -0.25) is 0 Å². The first-order valence-electron chi connectivity index (χ1n) is 2.71. The third-order valence-corrected chi connectivity index (χ3v) is 3.55. The Kier molecular flexibility index (Phi) is 3.07. The van der Waals surface area contributed by atoms with Crippen LogP contribution in [0.4, 0.5) is 0 Å². The van der Waals surface area contributed by atoms with E-state index >= 15 is 0 Å². The van der Waals surface area contributed by atoms with Gasteiger partial charge in [0.25, 0.3) is 0 Å². The van der Waals surface area contributed by atoms with Crippen molar-refractivity contribution in [2.24, 2.45) is 0 Å². The van der Waals surface area contributed by atoms with Crippen LogP contribution < -0.4 is 4.74 Å². The van der Waals surface area contributed by atoms with Gasteiger partial charge in [0, 0.05) is 10.6 Å². The number of thiophene rings is 1. The quantitative estimate of drug-likeness (QED) is 0.780. The van der Waals surface area contributed by atoms with Crippen molar-refractivity contribution in [1.29, 1.82) is 0 Å². The summed E-state index contributed by atoms with van der Waals surface area (Å²) in [5, 5.41) is 0.920. The van der Waals surface area contributed by atoms with Gasteiger partial charge in [0.05, 0.1) is 11.6 Å². The van der Waals surface area contributed by atoms with E-state index < -0.39 is 0 Å². The van der Waals surface area contributed by atoms with Gasteiger partial charge in [-0.2, -0.15) is 12.6 Å². The summed E-state index contributed by atoms with van der Waals surface area (Å²) >= 11 is 9.13. The molecular weight excluding hydrogens is 232 g/mol. The predicted molar refractivity (Wildman–Crippen MR) is 51.3 cm³/mol. The van der Waals surface area contributed by atoms with E-state index in [0.717, 1.165) is 15.3 Å². The Balaban J connectivity index is 2.92. The van der Waals surface area contributed by atoms with Crippen molar-refractivity contribution in [1.82, 2.24) is 0 Å². The van der Waals surface area contributed by atoms with Crippen LogP contribution in [-0.2, 0) is 5.75 Å². The summed E-state index contributed by atoms with van der Waals surface area (Å²) in [7, 11) is 1.67. The molecule has 0 atom stereocenters. The van der Waals surface area contributed by atoms with E-state index in [4.69, 9.17) is 4.74 Å². The lowest BCUT2D eigenvalue weighted by molar-refractivity contribution is 0.425. The Morgan fingerprint density at radius 2 is 2.50 bits per heavy atom. The second-order valence-corrected chi connectivity index (χ2v) is 3.98. The maximum absolute atomic E-state index is 5.07. The minimum atomic E-state index is 0.770. The van der Waals surface area contributed by atoms with Crippen molar-refractivity contribution in [2.45, 2.75) is 5.75 Å². The summed E-state index contributed by atoms with van der Waals surface area (Å²) in [6.07, 6.45) is 0. The molecular formula is C6H7BrOS2. The van der Waals surface area contributed by atoms with Crippen molar-refractivity contribution >= 4 is 39.9 Å². The van der Waals surface area contributed by atoms with Gasteiger partial charge < -0.3 is 4.74 Å². The SMILES string of the molecule is COc1sc(CS)cc1Br. The van der Waals surface area contributed by atoms with Crippen molar-refractivity contribution in [3.8, 4) is 5.06 Å². The molecule has 10 heavy (non-hydrogen) atoms. The van der Waals surface area contributed by atoms with Crippen LogP contribution in [0, 0.1) is 0 Å². The molecule has 1 aromatic rings. The van der Waals surface area contributed by atoms with Gasteiger partial charge in [-0.05, 0) is 22.0 Å². The van der Waals surface area contributed by atoms with Crippen LogP contribution in [0.5, 0.6) is 5.06 Å². The number of rotatable bonds is 2. The van der Waals surface area contributed by atoms with Gasteiger partial charge in [-0.1, -0.05) is 0 Å². The van der Waals surface area contributed by atoms with E-state index in [1.54, 1.807) is 18.4 Å². The van der Waals surface area contributed by atoms with E-state index in [1.807, 2.05) is 6.07 Å². The lowest BCUT2D eigenvalue weighted by Crippen LogP contribution is -1.75. The fraction of sp³-hybridized carbons (Fsp3) is 0.333. The van der Waals surface area contributed by atoms with E-state index in [-0.39, 0.29) is 0 Å². The van der Waals surface area contributed by atoms with E-state index in [0.29, 0.717) is 0 Å². The first kappa shape index (κ1) is 8.43. The highest BCUT2D eigenvalue weighted by molar-refractivity contribution is 9.10. The van der Waals surface area contributed by atoms with Crippen LogP contribution in [0.3, 0.4) is 0 Å². The van der Waals surface area contributed by atoms with Crippen molar-refractivity contribution in [2.75, 3.05) is 7.11 Å². The Morgan fingerprint density at radius 3 is 2.80 bits per heavy atom. The molecule has 0 aliphatic heterocycles. The lowest BCUT2D eigenvalue weighted by atomic mass is 10.5. The van der Waals surface area contributed by atoms with E-state index in [1.165, 1.54) is 4.88 Å². The molecule has 0 amide bonds. The molecule has 0 fully saturated rings. The molecule has 0 N–H and O–H groups in total. The number of halogens is 1. The Bertz CT molecular complexity index is 222. The van der Waals surface area contributed by atoms with Crippen LogP contribution in [0.2, 0.25) is 0 Å². The molecule has 56 valence electrons. The van der Waals surface area contributed by atoms with Gasteiger partial charge in [0.2, 0.25) is 0 Å². The molecule has 1 rings (SSSR count). The maximum atomic E-state index is 5.07. The van der Waals surface area contributed by atoms with Gasteiger partial charge >= 0.3 is 0 Å². The van der Waals surface area contributed by atoms with Crippen molar-refractivity contribution < 1.29 is 4.74 Å². The summed E-state index contributed by atoms with van der Waals surface area (Å²) in [4.78, 5) is 1.21. The van der Waals surface area contributed by atoms with Crippen LogP contribution in [0.1, 0.15) is 4.88 Å². The molecule has 1 nitrogen and oxygen atoms in total. The fourth-order valence-electron chi connectivity index (χ4n) is 0.615. The van der Waals surface area contributed by atoms with E-state index in [2.05, 4.69) is 28.6 Å². The molecule has 0 spiro atoms. The molecule has 0 saturated heterocycles. The Hall–Kier alpha value is 0.330. The third kappa shape index (κ3) is 1.68. The van der Waals surface area contributed by atoms with E-state index in [9.17, 15) is 0 Å². The zero-order chi connectivity index (χ0) is 7.56. The molecule has 4 heteroatoms. The zero-order valence-corrected chi connectivity index (χ0v) is 8.72. The van der Waals surface area contributed by atoms with Crippen molar-refractivity contribution in [3.05, 3.63) is 15.4 Å². The molecule has 0 radical (unpaired) electrons. The molecule has 0 aliphatic rings. The second kappa shape index (κ2) is 3.64. The standard InChI is InChI=1S/C6H7BrOS2/c1-8-6-5(7)2-4(3-9)10-6/h2,9H,3H2,1H3. The Labute approximate surface area is 77.9 Å². The fourth-order valence-corrected chi connectivity index (χ4v) is 2.45. The summed E-state index contributed by atoms with van der Waals surface area (Å²) in [6, 6.07) is 2.02. The highest BCUT2D eigenvalue weighted by atomic mass is 79.9. The van der Waals surface area contributed by atoms with Crippen molar-refractivity contribution in [3.63, 3.8) is 0 Å². The third-order valence-electron chi connectivity index (χ3n) is 1.05. The number of ether oxygens (including phenoxy) is 1. The molecule has 0 unspecified atom stereocenters. The van der Waals surface area contributed by atoms with Crippen LogP contribution in [0.25, 0.3) is 0 Å². The number of hydrogen-bond acceptors (Lipinski definition) is 3. The largest absolute Gasteiger partial charge is 0.486 e. The molecule has 1 heterocycles. The normalized spacial score (nSPS) is 9.90. The molecule has 0 aliphatic carbocycles. The van der Waals surface area contributed by atoms with Crippen LogP contribution >= 0.6 is 39.9 Å². The summed E-state index contributed by atoms with van der Waals surface area (Å²) < 4.78 is 6.08. The minimum Gasteiger partial charge on any atom is -0.486 e. The first-order chi connectivity index (χ1) is 4.77. The monoisotopic (exact) mass is 238 g/mol. The Morgan fingerprint density at radius 1 is 1.80 bits per heavy atom. The smallest absolute Gasteiger partial charge is 0.188 e. The van der Waals surface area contributed by atoms with Gasteiger partial charge in [-0.15, -0.1) is 11.3 Å². The molecule has 0 saturated carbocycles. The van der Waals surface area contributed by atoms with Gasteiger partial charge in [0.1, 0.15) is 0 Å². The van der Waals surface area contributed by atoms with Gasteiger partial charge in [0.15, 0.2) is 5.06 Å².